The second-order valence-electron chi connectivity index (χ2n) is 3.19. The maximum atomic E-state index is 5.77. The van der Waals surface area contributed by atoms with Gasteiger partial charge in [0.1, 0.15) is 10.8 Å². The van der Waals surface area contributed by atoms with Gasteiger partial charge in [-0.2, -0.15) is 5.10 Å². The lowest BCUT2D eigenvalue weighted by Gasteiger charge is -1.89. The van der Waals surface area contributed by atoms with Gasteiger partial charge in [0.25, 0.3) is 0 Å². The zero-order valence-electron chi connectivity index (χ0n) is 7.89. The summed E-state index contributed by atoms with van der Waals surface area (Å²) in [6.45, 7) is 0. The number of furan rings is 1. The van der Waals surface area contributed by atoms with Gasteiger partial charge in [-0.05, 0) is 35.9 Å². The van der Waals surface area contributed by atoms with E-state index in [1.165, 1.54) is 0 Å². The van der Waals surface area contributed by atoms with Gasteiger partial charge in [-0.15, -0.1) is 0 Å². The van der Waals surface area contributed by atoms with Gasteiger partial charge in [0.05, 0.1) is 6.20 Å². The minimum absolute atomic E-state index is 0.332. The van der Waals surface area contributed by atoms with Crippen LogP contribution in [0.25, 0.3) is 17.1 Å². The highest BCUT2D eigenvalue weighted by Gasteiger charge is 2.08. The lowest BCUT2D eigenvalue weighted by Crippen LogP contribution is -1.88. The minimum atomic E-state index is 0.332. The Hall–Kier alpha value is -1.52. The average Bonchev–Trinajstić information content (AvgIpc) is 2.83. The second kappa shape index (κ2) is 3.50. The zero-order chi connectivity index (χ0) is 11.1. The second-order valence-corrected chi connectivity index (χ2v) is 3.95. The summed E-state index contributed by atoms with van der Waals surface area (Å²) in [4.78, 5) is 4.33. The molecule has 3 aromatic rings. The Morgan fingerprint density at radius 3 is 2.75 bits per heavy atom. The predicted molar refractivity (Wildman–Crippen MR) is 60.7 cm³/mol. The van der Waals surface area contributed by atoms with Gasteiger partial charge in [-0.3, -0.25) is 0 Å². The van der Waals surface area contributed by atoms with E-state index < -0.39 is 0 Å². The molecule has 0 unspecified atom stereocenters. The average molecular weight is 254 g/mol. The van der Waals surface area contributed by atoms with Crippen LogP contribution in [0.15, 0.2) is 34.9 Å². The van der Waals surface area contributed by atoms with Crippen molar-refractivity contribution in [2.75, 3.05) is 0 Å². The summed E-state index contributed by atoms with van der Waals surface area (Å²) in [5, 5.41) is 4.82. The fourth-order valence-corrected chi connectivity index (χ4v) is 1.72. The molecule has 0 saturated heterocycles. The van der Waals surface area contributed by atoms with E-state index in [1.807, 2.05) is 0 Å². The van der Waals surface area contributed by atoms with Crippen molar-refractivity contribution in [2.24, 2.45) is 0 Å². The number of hydrogen-bond acceptors (Lipinski definition) is 3. The summed E-state index contributed by atoms with van der Waals surface area (Å²) in [6.07, 6.45) is 1.73. The van der Waals surface area contributed by atoms with Crippen molar-refractivity contribution in [3.05, 3.63) is 40.8 Å². The molecular formula is C10H5Cl2N3O. The summed E-state index contributed by atoms with van der Waals surface area (Å²) in [5.74, 6) is 0.603. The highest BCUT2D eigenvalue weighted by atomic mass is 35.5. The van der Waals surface area contributed by atoms with Crippen LogP contribution in [0.4, 0.5) is 0 Å². The lowest BCUT2D eigenvalue weighted by molar-refractivity contribution is 0.582. The molecule has 3 heterocycles. The minimum Gasteiger partial charge on any atom is -0.443 e. The highest BCUT2D eigenvalue weighted by molar-refractivity contribution is 6.29. The van der Waals surface area contributed by atoms with E-state index in [9.17, 15) is 0 Å². The van der Waals surface area contributed by atoms with Crippen molar-refractivity contribution < 1.29 is 4.42 Å². The molecule has 0 aromatic carbocycles. The first-order valence-corrected chi connectivity index (χ1v) is 5.25. The Labute approximate surface area is 100 Å². The summed E-state index contributed by atoms with van der Waals surface area (Å²) in [7, 11) is 0. The quantitative estimate of drug-likeness (QED) is 0.669. The van der Waals surface area contributed by atoms with E-state index in [4.69, 9.17) is 27.6 Å². The molecular weight excluding hydrogens is 249 g/mol. The Kier molecular flexibility index (Phi) is 2.12. The van der Waals surface area contributed by atoms with Gasteiger partial charge >= 0.3 is 0 Å². The number of fused-ring (bicyclic) bond motifs is 1. The van der Waals surface area contributed by atoms with Gasteiger partial charge in [0, 0.05) is 0 Å². The maximum absolute atomic E-state index is 5.77. The van der Waals surface area contributed by atoms with Crippen LogP contribution < -0.4 is 0 Å². The monoisotopic (exact) mass is 253 g/mol. The topological polar surface area (TPSA) is 43.3 Å². The molecule has 80 valence electrons. The van der Waals surface area contributed by atoms with E-state index in [0.29, 0.717) is 27.5 Å². The first-order chi connectivity index (χ1) is 7.72. The molecule has 0 fully saturated rings. The molecule has 0 bridgehead atoms. The molecule has 0 spiro atoms. The summed E-state index contributed by atoms with van der Waals surface area (Å²) in [5.41, 5.74) is 1.37. The summed E-state index contributed by atoms with van der Waals surface area (Å²) in [6, 6.07) is 6.89. The molecule has 0 N–H and O–H groups in total. The van der Waals surface area contributed by atoms with Crippen LogP contribution in [-0.2, 0) is 0 Å². The van der Waals surface area contributed by atoms with Crippen LogP contribution >= 0.6 is 23.2 Å². The van der Waals surface area contributed by atoms with Gasteiger partial charge in [-0.1, -0.05) is 11.6 Å². The lowest BCUT2D eigenvalue weighted by atomic mass is 10.4. The van der Waals surface area contributed by atoms with Crippen LogP contribution in [0.5, 0.6) is 0 Å². The van der Waals surface area contributed by atoms with E-state index >= 15 is 0 Å². The third-order valence-electron chi connectivity index (χ3n) is 2.11. The maximum Gasteiger partial charge on any atom is 0.194 e. The Bertz CT molecular complexity index is 659. The molecule has 6 heteroatoms. The van der Waals surface area contributed by atoms with Crippen molar-refractivity contribution in [1.82, 2.24) is 14.6 Å². The van der Waals surface area contributed by atoms with E-state index in [-0.39, 0.29) is 0 Å². The van der Waals surface area contributed by atoms with Crippen molar-refractivity contribution in [1.29, 1.82) is 0 Å². The molecule has 3 aromatic heterocycles. The van der Waals surface area contributed by atoms with Gasteiger partial charge in [0.15, 0.2) is 16.6 Å². The molecule has 0 atom stereocenters. The number of hydrogen-bond donors (Lipinski definition) is 0. The van der Waals surface area contributed by atoms with E-state index in [0.717, 1.165) is 0 Å². The first kappa shape index (κ1) is 9.69. The largest absolute Gasteiger partial charge is 0.443 e. The molecule has 3 rings (SSSR count). The number of aromatic nitrogens is 3. The fraction of sp³-hybridized carbons (Fsp3) is 0. The van der Waals surface area contributed by atoms with Crippen molar-refractivity contribution in [3.63, 3.8) is 0 Å². The Balaban J connectivity index is 2.18. The predicted octanol–water partition coefficient (Wildman–Crippen LogP) is 3.30. The van der Waals surface area contributed by atoms with E-state index in [2.05, 4.69) is 10.1 Å². The molecule has 0 radical (unpaired) electrons. The van der Waals surface area contributed by atoms with Crippen LogP contribution in [0.3, 0.4) is 0 Å². The molecule has 4 nitrogen and oxygen atoms in total. The summed E-state index contributed by atoms with van der Waals surface area (Å²) >= 11 is 11.5. The van der Waals surface area contributed by atoms with Crippen molar-refractivity contribution in [3.8, 4) is 11.5 Å². The normalized spacial score (nSPS) is 11.1. The van der Waals surface area contributed by atoms with Crippen LogP contribution in [0.2, 0.25) is 10.4 Å². The fourth-order valence-electron chi connectivity index (χ4n) is 1.43. The summed E-state index contributed by atoms with van der Waals surface area (Å²) < 4.78 is 6.85. The van der Waals surface area contributed by atoms with Crippen LogP contribution in [-0.4, -0.2) is 14.6 Å². The molecule has 0 aliphatic carbocycles. The SMILES string of the molecule is Clc1ccc2nc(-c3ccc(Cl)o3)cn2n1. The standard InChI is InChI=1S/C10H5Cl2N3O/c11-8-2-4-10-13-6(5-15(10)14-8)7-1-3-9(12)16-7/h1-5H. The van der Waals surface area contributed by atoms with Crippen LogP contribution in [0, 0.1) is 0 Å². The Morgan fingerprint density at radius 1 is 1.12 bits per heavy atom. The number of halogens is 2. The van der Waals surface area contributed by atoms with E-state index in [1.54, 1.807) is 35.0 Å². The molecule has 16 heavy (non-hydrogen) atoms. The van der Waals surface area contributed by atoms with Gasteiger partial charge in [0.2, 0.25) is 0 Å². The Morgan fingerprint density at radius 2 is 2.00 bits per heavy atom. The third-order valence-corrected chi connectivity index (χ3v) is 2.52. The highest BCUT2D eigenvalue weighted by Crippen LogP contribution is 2.24. The molecule has 0 aliphatic heterocycles. The number of nitrogens with zero attached hydrogens (tertiary/aromatic N) is 3. The van der Waals surface area contributed by atoms with Crippen LogP contribution in [0.1, 0.15) is 0 Å². The smallest absolute Gasteiger partial charge is 0.194 e. The number of rotatable bonds is 1. The van der Waals surface area contributed by atoms with Gasteiger partial charge in [-0.25, -0.2) is 9.50 Å². The molecule has 0 amide bonds. The van der Waals surface area contributed by atoms with Gasteiger partial charge < -0.3 is 4.42 Å². The molecule has 0 aliphatic rings. The third kappa shape index (κ3) is 1.56. The number of imidazole rings is 1. The van der Waals surface area contributed by atoms with Crippen molar-refractivity contribution >= 4 is 28.8 Å². The zero-order valence-corrected chi connectivity index (χ0v) is 9.40. The molecule has 0 saturated carbocycles. The first-order valence-electron chi connectivity index (χ1n) is 4.50. The van der Waals surface area contributed by atoms with Crippen molar-refractivity contribution in [2.45, 2.75) is 0 Å².